The Kier molecular flexibility index (Phi) is 4.08. The molecule has 2 fully saturated rings. The fraction of sp³-hybridized carbons (Fsp3) is 0.526. The minimum absolute atomic E-state index is 0.0173. The highest BCUT2D eigenvalue weighted by molar-refractivity contribution is 6.39. The Morgan fingerprint density at radius 3 is 2.42 bits per heavy atom. The minimum Gasteiger partial charge on any atom is -0.348 e. The molecule has 0 spiro atoms. The average Bonchev–Trinajstić information content (AvgIpc) is 3.48. The summed E-state index contributed by atoms with van der Waals surface area (Å²) in [7, 11) is 0. The van der Waals surface area contributed by atoms with Crippen molar-refractivity contribution in [2.75, 3.05) is 0 Å². The highest BCUT2D eigenvalue weighted by Crippen LogP contribution is 2.44. The molecule has 0 bridgehead atoms. The number of hydrazone groups is 1. The van der Waals surface area contributed by atoms with Gasteiger partial charge in [-0.3, -0.25) is 9.59 Å². The van der Waals surface area contributed by atoms with E-state index < -0.39 is 0 Å². The predicted octanol–water partition coefficient (Wildman–Crippen LogP) is 2.47. The third-order valence-electron chi connectivity index (χ3n) is 5.10. The molecule has 0 unspecified atom stereocenters. The van der Waals surface area contributed by atoms with Gasteiger partial charge in [-0.1, -0.05) is 30.3 Å². The molecule has 1 heterocycles. The van der Waals surface area contributed by atoms with Crippen LogP contribution in [-0.4, -0.2) is 28.6 Å². The molecule has 0 aromatic heterocycles. The molecule has 1 aromatic rings. The lowest BCUT2D eigenvalue weighted by molar-refractivity contribution is -0.132. The number of amides is 2. The summed E-state index contributed by atoms with van der Waals surface area (Å²) < 4.78 is 0. The summed E-state index contributed by atoms with van der Waals surface area (Å²) in [6, 6.07) is 10.1. The highest BCUT2D eigenvalue weighted by atomic mass is 16.2. The predicted molar refractivity (Wildman–Crippen MR) is 91.0 cm³/mol. The largest absolute Gasteiger partial charge is 0.348 e. The molecule has 126 valence electrons. The standard InChI is InChI=1S/C19H23N3O2/c23-17-11-10-16(21-22(17)12-13-4-2-1-3-5-13)19(24)20-18(14-6-7-14)15-8-9-15/h1-5,14-15,18H,6-12H2,(H,20,24). The summed E-state index contributed by atoms with van der Waals surface area (Å²) in [6.45, 7) is 0.422. The summed E-state index contributed by atoms with van der Waals surface area (Å²) >= 11 is 0. The minimum atomic E-state index is -0.0793. The van der Waals surface area contributed by atoms with Gasteiger partial charge >= 0.3 is 0 Å². The van der Waals surface area contributed by atoms with E-state index in [0.29, 0.717) is 43.0 Å². The van der Waals surface area contributed by atoms with Crippen LogP contribution in [0.15, 0.2) is 35.4 Å². The Labute approximate surface area is 142 Å². The maximum Gasteiger partial charge on any atom is 0.267 e. The van der Waals surface area contributed by atoms with Crippen molar-refractivity contribution < 1.29 is 9.59 Å². The van der Waals surface area contributed by atoms with Crippen molar-refractivity contribution in [1.29, 1.82) is 0 Å². The number of nitrogens with one attached hydrogen (secondary N) is 1. The third kappa shape index (κ3) is 3.50. The Bertz CT molecular complexity index is 650. The molecule has 2 amide bonds. The van der Waals surface area contributed by atoms with Crippen molar-refractivity contribution in [3.63, 3.8) is 0 Å². The summed E-state index contributed by atoms with van der Waals surface area (Å²) in [5.74, 6) is 1.22. The number of rotatable bonds is 6. The van der Waals surface area contributed by atoms with E-state index in [9.17, 15) is 9.59 Å². The summed E-state index contributed by atoms with van der Waals surface area (Å²) in [5, 5.41) is 9.00. The molecule has 24 heavy (non-hydrogen) atoms. The van der Waals surface area contributed by atoms with Crippen LogP contribution in [0.1, 0.15) is 44.1 Å². The SMILES string of the molecule is O=C(NC(C1CC1)C1CC1)C1=NN(Cc2ccccc2)C(=O)CC1. The van der Waals surface area contributed by atoms with Crippen LogP contribution in [0.5, 0.6) is 0 Å². The van der Waals surface area contributed by atoms with Crippen LogP contribution in [-0.2, 0) is 16.1 Å². The van der Waals surface area contributed by atoms with E-state index in [2.05, 4.69) is 10.4 Å². The zero-order valence-electron chi connectivity index (χ0n) is 13.8. The molecule has 0 atom stereocenters. The van der Waals surface area contributed by atoms with Gasteiger partial charge in [0.25, 0.3) is 5.91 Å². The van der Waals surface area contributed by atoms with E-state index >= 15 is 0 Å². The summed E-state index contributed by atoms with van der Waals surface area (Å²) in [5.41, 5.74) is 1.52. The Hall–Kier alpha value is -2.17. The second-order valence-corrected chi connectivity index (χ2v) is 7.16. The smallest absolute Gasteiger partial charge is 0.267 e. The maximum absolute atomic E-state index is 12.6. The molecule has 2 saturated carbocycles. The average molecular weight is 325 g/mol. The second kappa shape index (κ2) is 6.38. The Morgan fingerprint density at radius 1 is 1.12 bits per heavy atom. The first-order chi connectivity index (χ1) is 11.7. The van der Waals surface area contributed by atoms with E-state index in [-0.39, 0.29) is 11.8 Å². The van der Waals surface area contributed by atoms with Crippen molar-refractivity contribution >= 4 is 17.5 Å². The van der Waals surface area contributed by atoms with E-state index in [1.807, 2.05) is 30.3 Å². The lowest BCUT2D eigenvalue weighted by Gasteiger charge is -2.25. The van der Waals surface area contributed by atoms with Gasteiger partial charge < -0.3 is 5.32 Å². The number of nitrogens with zero attached hydrogens (tertiary/aromatic N) is 2. The molecular formula is C19H23N3O2. The first-order valence-corrected chi connectivity index (χ1v) is 8.93. The van der Waals surface area contributed by atoms with Crippen molar-refractivity contribution in [2.24, 2.45) is 16.9 Å². The van der Waals surface area contributed by atoms with Crippen molar-refractivity contribution in [1.82, 2.24) is 10.3 Å². The normalized spacial score (nSPS) is 21.0. The molecule has 4 rings (SSSR count). The first kappa shape index (κ1) is 15.4. The van der Waals surface area contributed by atoms with Crippen molar-refractivity contribution in [3.05, 3.63) is 35.9 Å². The fourth-order valence-corrected chi connectivity index (χ4v) is 3.41. The van der Waals surface area contributed by atoms with Crippen LogP contribution in [0.25, 0.3) is 0 Å². The van der Waals surface area contributed by atoms with Gasteiger partial charge in [0.2, 0.25) is 5.91 Å². The quantitative estimate of drug-likeness (QED) is 0.873. The van der Waals surface area contributed by atoms with Crippen molar-refractivity contribution in [3.8, 4) is 0 Å². The molecule has 0 radical (unpaired) electrons. The van der Waals surface area contributed by atoms with Crippen LogP contribution in [0.3, 0.4) is 0 Å². The number of hydrogen-bond acceptors (Lipinski definition) is 3. The van der Waals surface area contributed by atoms with E-state index in [1.165, 1.54) is 30.7 Å². The second-order valence-electron chi connectivity index (χ2n) is 7.16. The summed E-state index contributed by atoms with van der Waals surface area (Å²) in [6.07, 6.45) is 5.72. The van der Waals surface area contributed by atoms with Gasteiger partial charge in [-0.15, -0.1) is 0 Å². The van der Waals surface area contributed by atoms with Gasteiger partial charge in [-0.05, 0) is 43.1 Å². The first-order valence-electron chi connectivity index (χ1n) is 8.93. The van der Waals surface area contributed by atoms with Crippen LogP contribution < -0.4 is 5.32 Å². The highest BCUT2D eigenvalue weighted by Gasteiger charge is 2.42. The lowest BCUT2D eigenvalue weighted by Crippen LogP contribution is -2.44. The number of carbonyl (C=O) groups excluding carboxylic acids is 2. The van der Waals surface area contributed by atoms with Crippen molar-refractivity contribution in [2.45, 2.75) is 51.1 Å². The molecule has 5 nitrogen and oxygen atoms in total. The Balaban J connectivity index is 1.44. The van der Waals surface area contributed by atoms with Gasteiger partial charge in [-0.25, -0.2) is 5.01 Å². The Morgan fingerprint density at radius 2 is 1.79 bits per heavy atom. The van der Waals surface area contributed by atoms with Crippen LogP contribution in [0, 0.1) is 11.8 Å². The molecular weight excluding hydrogens is 302 g/mol. The third-order valence-corrected chi connectivity index (χ3v) is 5.10. The lowest BCUT2D eigenvalue weighted by atomic mass is 10.1. The maximum atomic E-state index is 12.6. The number of carbonyl (C=O) groups is 2. The zero-order chi connectivity index (χ0) is 16.5. The number of benzene rings is 1. The van der Waals surface area contributed by atoms with Crippen LogP contribution in [0.4, 0.5) is 0 Å². The van der Waals surface area contributed by atoms with Gasteiger partial charge in [0.15, 0.2) is 0 Å². The van der Waals surface area contributed by atoms with E-state index in [4.69, 9.17) is 0 Å². The molecule has 1 aliphatic heterocycles. The molecule has 2 aliphatic carbocycles. The van der Waals surface area contributed by atoms with Crippen LogP contribution >= 0.6 is 0 Å². The van der Waals surface area contributed by atoms with E-state index in [1.54, 1.807) is 0 Å². The fourth-order valence-electron chi connectivity index (χ4n) is 3.41. The number of hydrogen-bond donors (Lipinski definition) is 1. The summed E-state index contributed by atoms with van der Waals surface area (Å²) in [4.78, 5) is 24.7. The topological polar surface area (TPSA) is 61.8 Å². The van der Waals surface area contributed by atoms with Gasteiger partial charge in [0.05, 0.1) is 6.54 Å². The molecule has 3 aliphatic rings. The van der Waals surface area contributed by atoms with Gasteiger partial charge in [-0.2, -0.15) is 5.10 Å². The van der Waals surface area contributed by atoms with Gasteiger partial charge in [0, 0.05) is 18.9 Å². The van der Waals surface area contributed by atoms with Crippen LogP contribution in [0.2, 0.25) is 0 Å². The monoisotopic (exact) mass is 325 g/mol. The van der Waals surface area contributed by atoms with Gasteiger partial charge in [0.1, 0.15) is 5.71 Å². The molecule has 1 aromatic carbocycles. The van der Waals surface area contributed by atoms with E-state index in [0.717, 1.165) is 5.56 Å². The zero-order valence-corrected chi connectivity index (χ0v) is 13.8. The molecule has 1 N–H and O–H groups in total. The molecule has 0 saturated heterocycles. The molecule has 5 heteroatoms.